The molecule has 0 aliphatic carbocycles. The largest absolute Gasteiger partial charge is 0.484 e. The Balaban J connectivity index is 2.33. The number of non-ortho nitro benzene ring substituents is 1. The van der Waals surface area contributed by atoms with Gasteiger partial charge in [-0.25, -0.2) is 0 Å². The summed E-state index contributed by atoms with van der Waals surface area (Å²) in [5, 5.41) is 21.5. The van der Waals surface area contributed by atoms with Crippen molar-refractivity contribution in [3.05, 3.63) is 33.9 Å². The highest BCUT2D eigenvalue weighted by atomic mass is 16.6. The van der Waals surface area contributed by atoms with Crippen LogP contribution in [0.2, 0.25) is 0 Å². The Hall–Kier alpha value is -1.95. The molecule has 6 heteroatoms. The Labute approximate surface area is 136 Å². The molecule has 2 rings (SSSR count). The lowest BCUT2D eigenvalue weighted by Gasteiger charge is -2.37. The molecule has 0 fully saturated rings. The molecule has 23 heavy (non-hydrogen) atoms. The fraction of sp³-hybridized carbons (Fsp3) is 0.588. The molecule has 1 heterocycles. The van der Waals surface area contributed by atoms with Crippen molar-refractivity contribution in [1.29, 1.82) is 0 Å². The van der Waals surface area contributed by atoms with E-state index in [2.05, 4.69) is 11.9 Å². The number of nitro benzene ring substituents is 1. The quantitative estimate of drug-likeness (QED) is 0.494. The number of ether oxygens (including phenoxy) is 1. The topological polar surface area (TPSA) is 85.0 Å². The summed E-state index contributed by atoms with van der Waals surface area (Å²) in [5.41, 5.74) is 0.154. The molecule has 1 unspecified atom stereocenters. The average molecular weight is 320 g/mol. The highest BCUT2D eigenvalue weighted by molar-refractivity contribution is 6.08. The van der Waals surface area contributed by atoms with E-state index in [0.29, 0.717) is 23.6 Å². The summed E-state index contributed by atoms with van der Waals surface area (Å²) in [6.07, 6.45) is 3.42. The number of aliphatic hydroxyl groups is 1. The molecule has 6 nitrogen and oxygen atoms in total. The summed E-state index contributed by atoms with van der Waals surface area (Å²) in [6, 6.07) is 4.41. The highest BCUT2D eigenvalue weighted by Gasteiger charge is 2.40. The van der Waals surface area contributed by atoms with Crippen LogP contribution in [-0.4, -0.2) is 34.0 Å². The zero-order valence-electron chi connectivity index (χ0n) is 13.9. The minimum Gasteiger partial charge on any atom is -0.484 e. The number of benzene rings is 1. The monoisotopic (exact) mass is 320 g/mol. The molecule has 1 N–H and O–H groups in total. The van der Waals surface area contributed by atoms with Crippen molar-refractivity contribution in [2.45, 2.75) is 58.2 Å². The molecule has 0 spiro atoms. The summed E-state index contributed by atoms with van der Waals surface area (Å²) >= 11 is 0. The maximum atomic E-state index is 11.0. The van der Waals surface area contributed by atoms with Gasteiger partial charge in [-0.05, 0) is 26.3 Å². The van der Waals surface area contributed by atoms with Crippen LogP contribution >= 0.6 is 0 Å². The van der Waals surface area contributed by atoms with Gasteiger partial charge in [-0.15, -0.1) is 0 Å². The van der Waals surface area contributed by atoms with E-state index >= 15 is 0 Å². The van der Waals surface area contributed by atoms with Crippen LogP contribution in [0.4, 0.5) is 5.69 Å². The third-order valence-corrected chi connectivity index (χ3v) is 4.03. The van der Waals surface area contributed by atoms with Gasteiger partial charge in [0.1, 0.15) is 17.5 Å². The molecule has 0 aromatic heterocycles. The molecule has 126 valence electrons. The Morgan fingerprint density at radius 3 is 2.74 bits per heavy atom. The normalized spacial score (nSPS) is 20.9. The molecule has 1 aromatic rings. The lowest BCUT2D eigenvalue weighted by molar-refractivity contribution is -0.384. The average Bonchev–Trinajstić information content (AvgIpc) is 2.49. The minimum atomic E-state index is -0.914. The van der Waals surface area contributed by atoms with Gasteiger partial charge in [0, 0.05) is 24.2 Å². The van der Waals surface area contributed by atoms with Crippen molar-refractivity contribution in [2.24, 2.45) is 4.99 Å². The molecule has 0 amide bonds. The van der Waals surface area contributed by atoms with Gasteiger partial charge in [-0.1, -0.05) is 26.2 Å². The van der Waals surface area contributed by atoms with E-state index in [1.807, 2.05) is 0 Å². The third kappa shape index (κ3) is 3.88. The lowest BCUT2D eigenvalue weighted by Crippen LogP contribution is -2.50. The first kappa shape index (κ1) is 17.4. The predicted octanol–water partition coefficient (Wildman–Crippen LogP) is 3.50. The molecule has 1 aromatic carbocycles. The Morgan fingerprint density at radius 1 is 1.35 bits per heavy atom. The van der Waals surface area contributed by atoms with Crippen LogP contribution in [-0.2, 0) is 0 Å². The van der Waals surface area contributed by atoms with Crippen LogP contribution in [0.15, 0.2) is 23.2 Å². The summed E-state index contributed by atoms with van der Waals surface area (Å²) in [4.78, 5) is 15.1. The SMILES string of the molecule is CCCCCCN=C1c2cc([N+](=O)[O-])ccc2OC(C)(C)C1O. The van der Waals surface area contributed by atoms with Crippen molar-refractivity contribution < 1.29 is 14.8 Å². The molecule has 1 aliphatic rings. The number of nitro groups is 1. The fourth-order valence-electron chi connectivity index (χ4n) is 2.65. The van der Waals surface area contributed by atoms with Crippen molar-refractivity contribution >= 4 is 11.4 Å². The molecule has 0 saturated carbocycles. The van der Waals surface area contributed by atoms with Crippen LogP contribution in [0.3, 0.4) is 0 Å². The minimum absolute atomic E-state index is 0.0297. The number of hydrogen-bond acceptors (Lipinski definition) is 5. The number of aliphatic imine (C=N–C) groups is 1. The summed E-state index contributed by atoms with van der Waals surface area (Å²) < 4.78 is 5.79. The molecule has 1 aliphatic heterocycles. The van der Waals surface area contributed by atoms with Gasteiger partial charge in [0.05, 0.1) is 10.6 Å². The first-order valence-corrected chi connectivity index (χ1v) is 8.07. The van der Waals surface area contributed by atoms with Crippen LogP contribution in [0.25, 0.3) is 0 Å². The van der Waals surface area contributed by atoms with Gasteiger partial charge in [0.25, 0.3) is 5.69 Å². The smallest absolute Gasteiger partial charge is 0.270 e. The van der Waals surface area contributed by atoms with E-state index in [0.717, 1.165) is 25.7 Å². The molecule has 0 radical (unpaired) electrons. The maximum absolute atomic E-state index is 11.0. The van der Waals surface area contributed by atoms with Crippen LogP contribution < -0.4 is 4.74 Å². The summed E-state index contributed by atoms with van der Waals surface area (Å²) in [5.74, 6) is 0.526. The van der Waals surface area contributed by atoms with Crippen LogP contribution in [0.1, 0.15) is 52.0 Å². The first-order chi connectivity index (χ1) is 10.9. The maximum Gasteiger partial charge on any atom is 0.270 e. The van der Waals surface area contributed by atoms with E-state index < -0.39 is 16.6 Å². The fourth-order valence-corrected chi connectivity index (χ4v) is 2.65. The van der Waals surface area contributed by atoms with E-state index in [-0.39, 0.29) is 5.69 Å². The molecule has 0 saturated heterocycles. The standard InChI is InChI=1S/C17H24N2O4/c1-4-5-6-7-10-18-15-13-11-12(19(21)22)8-9-14(13)23-17(2,3)16(15)20/h8-9,11,16,20H,4-7,10H2,1-3H3. The highest BCUT2D eigenvalue weighted by Crippen LogP contribution is 2.35. The second-order valence-electron chi connectivity index (χ2n) is 6.37. The molecule has 1 atom stereocenters. The Kier molecular flexibility index (Phi) is 5.36. The van der Waals surface area contributed by atoms with E-state index in [9.17, 15) is 15.2 Å². The van der Waals surface area contributed by atoms with Crippen molar-refractivity contribution in [1.82, 2.24) is 0 Å². The van der Waals surface area contributed by atoms with Crippen molar-refractivity contribution in [3.8, 4) is 5.75 Å². The second-order valence-corrected chi connectivity index (χ2v) is 6.37. The van der Waals surface area contributed by atoms with Gasteiger partial charge < -0.3 is 9.84 Å². The zero-order chi connectivity index (χ0) is 17.0. The molecular formula is C17H24N2O4. The van der Waals surface area contributed by atoms with E-state index in [4.69, 9.17) is 4.74 Å². The lowest BCUT2D eigenvalue weighted by atomic mass is 9.89. The third-order valence-electron chi connectivity index (χ3n) is 4.03. The number of rotatable bonds is 6. The number of nitrogens with zero attached hydrogens (tertiary/aromatic N) is 2. The molecule has 0 bridgehead atoms. The summed E-state index contributed by atoms with van der Waals surface area (Å²) in [7, 11) is 0. The first-order valence-electron chi connectivity index (χ1n) is 8.07. The van der Waals surface area contributed by atoms with Gasteiger partial charge in [0.15, 0.2) is 0 Å². The Morgan fingerprint density at radius 2 is 2.09 bits per heavy atom. The zero-order valence-corrected chi connectivity index (χ0v) is 13.9. The van der Waals surface area contributed by atoms with Crippen LogP contribution in [0.5, 0.6) is 5.75 Å². The van der Waals surface area contributed by atoms with Crippen molar-refractivity contribution in [2.75, 3.05) is 6.54 Å². The second kappa shape index (κ2) is 7.08. The van der Waals surface area contributed by atoms with Crippen molar-refractivity contribution in [3.63, 3.8) is 0 Å². The number of hydrogen-bond donors (Lipinski definition) is 1. The number of aliphatic hydroxyl groups excluding tert-OH is 1. The van der Waals surface area contributed by atoms with Crippen LogP contribution in [0, 0.1) is 10.1 Å². The van der Waals surface area contributed by atoms with E-state index in [1.165, 1.54) is 12.1 Å². The van der Waals surface area contributed by atoms with E-state index in [1.54, 1.807) is 19.9 Å². The summed E-state index contributed by atoms with van der Waals surface area (Å²) in [6.45, 7) is 6.32. The number of unbranched alkanes of at least 4 members (excludes halogenated alkanes) is 3. The molecular weight excluding hydrogens is 296 g/mol. The van der Waals surface area contributed by atoms with Gasteiger partial charge in [0.2, 0.25) is 0 Å². The van der Waals surface area contributed by atoms with Gasteiger partial charge in [-0.3, -0.25) is 15.1 Å². The van der Waals surface area contributed by atoms with Gasteiger partial charge in [-0.2, -0.15) is 0 Å². The Bertz CT molecular complexity index is 611. The predicted molar refractivity (Wildman–Crippen MR) is 89.4 cm³/mol. The number of fused-ring (bicyclic) bond motifs is 1. The van der Waals surface area contributed by atoms with Gasteiger partial charge >= 0.3 is 0 Å².